The third-order valence-corrected chi connectivity index (χ3v) is 11.0. The van der Waals surface area contributed by atoms with Gasteiger partial charge >= 0.3 is 6.18 Å². The summed E-state index contributed by atoms with van der Waals surface area (Å²) >= 11 is 0. The van der Waals surface area contributed by atoms with Gasteiger partial charge in [0.2, 0.25) is 11.8 Å². The minimum atomic E-state index is -4.48. The summed E-state index contributed by atoms with van der Waals surface area (Å²) in [6.07, 6.45) is -1.46. The first-order valence-corrected chi connectivity index (χ1v) is 19.7. The number of hydrogen-bond donors (Lipinski definition) is 1. The molecule has 5 aromatic rings. The van der Waals surface area contributed by atoms with Crippen molar-refractivity contribution >= 4 is 29.3 Å². The van der Waals surface area contributed by atoms with Crippen molar-refractivity contribution in [1.82, 2.24) is 14.7 Å². The average molecular weight is 788 g/mol. The molecule has 2 aliphatic heterocycles. The third-order valence-electron chi connectivity index (χ3n) is 11.0. The number of piperazine rings is 2. The van der Waals surface area contributed by atoms with Crippen molar-refractivity contribution < 1.29 is 27.9 Å². The van der Waals surface area contributed by atoms with Crippen LogP contribution in [0.3, 0.4) is 0 Å². The number of anilines is 2. The molecule has 8 nitrogen and oxygen atoms in total. The maximum absolute atomic E-state index is 14.7. The van der Waals surface area contributed by atoms with Gasteiger partial charge in [0.15, 0.2) is 0 Å². The predicted molar refractivity (Wildman–Crippen MR) is 222 cm³/mol. The standard InChI is InChI=1S/C47H48F3N5O3/c48-47(49,50)40-18-11-36(12-19-40)17-24-45(57)55(35-39-13-20-42(21-14-39)53-31-29-52(30-32-53)41-9-5-2-6-10-41)44(33-37-15-22-43(56)23-16-37)46(58)54-27-25-51(26-28-54)34-38-7-3-1-4-8-38/h1-24,44,56H,25-35H2/b24-17+/t44-/m0/s1. The van der Waals surface area contributed by atoms with Crippen molar-refractivity contribution in [3.05, 3.63) is 167 Å². The Kier molecular flexibility index (Phi) is 12.8. The topological polar surface area (TPSA) is 70.6 Å². The fourth-order valence-corrected chi connectivity index (χ4v) is 7.62. The molecule has 2 heterocycles. The van der Waals surface area contributed by atoms with E-state index in [-0.39, 0.29) is 24.6 Å². The number of rotatable bonds is 12. The van der Waals surface area contributed by atoms with Gasteiger partial charge in [-0.1, -0.05) is 84.9 Å². The van der Waals surface area contributed by atoms with Crippen LogP contribution in [0.25, 0.3) is 6.08 Å². The first-order valence-electron chi connectivity index (χ1n) is 19.7. The summed E-state index contributed by atoms with van der Waals surface area (Å²) in [7, 11) is 0. The highest BCUT2D eigenvalue weighted by Crippen LogP contribution is 2.29. The molecule has 7 rings (SSSR count). The summed E-state index contributed by atoms with van der Waals surface area (Å²) in [5.41, 5.74) is 4.73. The molecule has 0 bridgehead atoms. The molecule has 2 fully saturated rings. The van der Waals surface area contributed by atoms with Crippen molar-refractivity contribution in [1.29, 1.82) is 0 Å². The maximum atomic E-state index is 14.7. The summed E-state index contributed by atoms with van der Waals surface area (Å²) in [5.74, 6) is -0.535. The Morgan fingerprint density at radius 2 is 1.19 bits per heavy atom. The van der Waals surface area contributed by atoms with E-state index < -0.39 is 23.7 Å². The van der Waals surface area contributed by atoms with Gasteiger partial charge in [-0.05, 0) is 76.9 Å². The number of amides is 2. The number of benzene rings is 5. The Morgan fingerprint density at radius 1 is 0.638 bits per heavy atom. The van der Waals surface area contributed by atoms with Gasteiger partial charge in [0.1, 0.15) is 11.8 Å². The van der Waals surface area contributed by atoms with Crippen molar-refractivity contribution in [3.63, 3.8) is 0 Å². The molecule has 0 unspecified atom stereocenters. The van der Waals surface area contributed by atoms with Crippen LogP contribution in [-0.4, -0.2) is 90.0 Å². The van der Waals surface area contributed by atoms with Crippen molar-refractivity contribution in [3.8, 4) is 5.75 Å². The van der Waals surface area contributed by atoms with Crippen LogP contribution >= 0.6 is 0 Å². The van der Waals surface area contributed by atoms with Gasteiger partial charge in [-0.2, -0.15) is 13.2 Å². The van der Waals surface area contributed by atoms with Crippen LogP contribution < -0.4 is 9.80 Å². The fraction of sp³-hybridized carbons (Fsp3) is 0.277. The van der Waals surface area contributed by atoms with Gasteiger partial charge in [0, 0.05) is 89.3 Å². The van der Waals surface area contributed by atoms with Crippen LogP contribution in [0, 0.1) is 0 Å². The monoisotopic (exact) mass is 787 g/mol. The lowest BCUT2D eigenvalue weighted by Crippen LogP contribution is -2.56. The molecule has 5 aromatic carbocycles. The van der Waals surface area contributed by atoms with E-state index in [4.69, 9.17) is 0 Å². The Labute approximate surface area is 338 Å². The van der Waals surface area contributed by atoms with E-state index in [0.717, 1.165) is 61.7 Å². The number of hydrogen-bond acceptors (Lipinski definition) is 6. The number of alkyl halides is 3. The van der Waals surface area contributed by atoms with E-state index in [1.165, 1.54) is 35.5 Å². The summed E-state index contributed by atoms with van der Waals surface area (Å²) in [5, 5.41) is 10.0. The zero-order chi connectivity index (χ0) is 40.5. The quantitative estimate of drug-likeness (QED) is 0.131. The number of aromatic hydroxyl groups is 1. The van der Waals surface area contributed by atoms with Crippen LogP contribution in [0.15, 0.2) is 140 Å². The lowest BCUT2D eigenvalue weighted by molar-refractivity contribution is -0.145. The summed E-state index contributed by atoms with van der Waals surface area (Å²) < 4.78 is 39.8. The molecular formula is C47H48F3N5O3. The van der Waals surface area contributed by atoms with Crippen LogP contribution in [0.4, 0.5) is 24.5 Å². The number of para-hydroxylation sites is 1. The SMILES string of the molecule is O=C([C@H](Cc1ccc(O)cc1)N(Cc1ccc(N2CCN(c3ccccc3)CC2)cc1)C(=O)/C=C/c1ccc(C(F)(F)F)cc1)N1CCN(Cc2ccccc2)CC1. The van der Waals surface area contributed by atoms with Gasteiger partial charge in [-0.15, -0.1) is 0 Å². The van der Waals surface area contributed by atoms with Gasteiger partial charge in [0.25, 0.3) is 0 Å². The van der Waals surface area contributed by atoms with E-state index in [9.17, 15) is 27.9 Å². The van der Waals surface area contributed by atoms with Gasteiger partial charge in [-0.3, -0.25) is 14.5 Å². The van der Waals surface area contributed by atoms with Crippen molar-refractivity contribution in [2.45, 2.75) is 31.7 Å². The van der Waals surface area contributed by atoms with Crippen LogP contribution in [0.1, 0.15) is 27.8 Å². The van der Waals surface area contributed by atoms with E-state index in [1.54, 1.807) is 29.2 Å². The average Bonchev–Trinajstić information content (AvgIpc) is 3.25. The highest BCUT2D eigenvalue weighted by Gasteiger charge is 2.34. The smallest absolute Gasteiger partial charge is 0.416 e. The molecule has 0 spiro atoms. The fourth-order valence-electron chi connectivity index (χ4n) is 7.62. The third kappa shape index (κ3) is 10.5. The zero-order valence-corrected chi connectivity index (χ0v) is 32.3. The summed E-state index contributed by atoms with van der Waals surface area (Å²) in [4.78, 5) is 39.5. The van der Waals surface area contributed by atoms with Crippen molar-refractivity contribution in [2.24, 2.45) is 0 Å². The molecule has 11 heteroatoms. The number of carbonyl (C=O) groups excluding carboxylic acids is 2. The van der Waals surface area contributed by atoms with E-state index in [2.05, 4.69) is 63.2 Å². The molecule has 2 aliphatic rings. The number of nitrogens with zero attached hydrogens (tertiary/aromatic N) is 5. The molecule has 2 amide bonds. The Bertz CT molecular complexity index is 2110. The summed E-state index contributed by atoms with van der Waals surface area (Å²) in [6, 6.07) is 39.0. The molecule has 58 heavy (non-hydrogen) atoms. The Morgan fingerprint density at radius 3 is 1.78 bits per heavy atom. The molecule has 0 radical (unpaired) electrons. The lowest BCUT2D eigenvalue weighted by atomic mass is 10.0. The number of carbonyl (C=O) groups is 2. The number of phenols is 1. The molecular weight excluding hydrogens is 740 g/mol. The minimum Gasteiger partial charge on any atom is -0.508 e. The molecule has 300 valence electrons. The highest BCUT2D eigenvalue weighted by atomic mass is 19.4. The second-order valence-electron chi connectivity index (χ2n) is 14.9. The normalized spacial score (nSPS) is 15.7. The van der Waals surface area contributed by atoms with Crippen molar-refractivity contribution in [2.75, 3.05) is 62.2 Å². The molecule has 2 saturated heterocycles. The number of phenolic OH excluding ortho intramolecular Hbond substituents is 1. The number of halogens is 3. The zero-order valence-electron chi connectivity index (χ0n) is 32.3. The van der Waals surface area contributed by atoms with E-state index in [1.807, 2.05) is 41.3 Å². The van der Waals surface area contributed by atoms with Gasteiger partial charge in [0.05, 0.1) is 5.56 Å². The minimum absolute atomic E-state index is 0.0927. The molecule has 0 aliphatic carbocycles. The Hall–Kier alpha value is -6.07. The largest absolute Gasteiger partial charge is 0.508 e. The second-order valence-corrected chi connectivity index (χ2v) is 14.9. The van der Waals surface area contributed by atoms with Gasteiger partial charge in [-0.25, -0.2) is 0 Å². The predicted octanol–water partition coefficient (Wildman–Crippen LogP) is 7.74. The first-order chi connectivity index (χ1) is 28.1. The van der Waals surface area contributed by atoms with Crippen LogP contribution in [0.2, 0.25) is 0 Å². The first kappa shape index (κ1) is 40.1. The molecule has 1 atom stereocenters. The molecule has 0 aromatic heterocycles. The van der Waals surface area contributed by atoms with Crippen LogP contribution in [0.5, 0.6) is 5.75 Å². The van der Waals surface area contributed by atoms with Crippen LogP contribution in [-0.2, 0) is 35.3 Å². The van der Waals surface area contributed by atoms with Gasteiger partial charge < -0.3 is 24.7 Å². The second kappa shape index (κ2) is 18.5. The van der Waals surface area contributed by atoms with E-state index >= 15 is 0 Å². The summed E-state index contributed by atoms with van der Waals surface area (Å²) in [6.45, 7) is 6.73. The Balaban J connectivity index is 1.13. The molecule has 0 saturated carbocycles. The highest BCUT2D eigenvalue weighted by molar-refractivity contribution is 5.96. The lowest BCUT2D eigenvalue weighted by Gasteiger charge is -2.39. The molecule has 1 N–H and O–H groups in total. The van der Waals surface area contributed by atoms with E-state index in [0.29, 0.717) is 31.7 Å². The maximum Gasteiger partial charge on any atom is 0.416 e.